The van der Waals surface area contributed by atoms with Gasteiger partial charge in [0.15, 0.2) is 6.67 Å². The summed E-state index contributed by atoms with van der Waals surface area (Å²) < 4.78 is 13.7. The molecule has 0 aliphatic carbocycles. The second kappa shape index (κ2) is 6.69. The normalized spacial score (nSPS) is 22.2. The molecule has 2 heterocycles. The predicted molar refractivity (Wildman–Crippen MR) is 75.2 cm³/mol. The van der Waals surface area contributed by atoms with E-state index in [2.05, 4.69) is 10.4 Å². The highest BCUT2D eigenvalue weighted by Crippen LogP contribution is 2.29. The van der Waals surface area contributed by atoms with Crippen molar-refractivity contribution in [1.82, 2.24) is 15.1 Å². The van der Waals surface area contributed by atoms with Crippen LogP contribution in [-0.2, 0) is 11.8 Å². The second-order valence-electron chi connectivity index (χ2n) is 5.17. The van der Waals surface area contributed by atoms with Gasteiger partial charge in [-0.2, -0.15) is 5.10 Å². The van der Waals surface area contributed by atoms with Gasteiger partial charge in [0.2, 0.25) is 5.82 Å². The van der Waals surface area contributed by atoms with E-state index in [1.54, 1.807) is 11.9 Å². The van der Waals surface area contributed by atoms with Crippen LogP contribution < -0.4 is 10.2 Å². The second-order valence-corrected chi connectivity index (χ2v) is 5.17. The molecule has 1 aliphatic heterocycles. The van der Waals surface area contributed by atoms with Crippen LogP contribution in [0.5, 0.6) is 0 Å². The molecule has 22 heavy (non-hydrogen) atoms. The van der Waals surface area contributed by atoms with Crippen LogP contribution in [0.25, 0.3) is 0 Å². The molecule has 0 saturated carbocycles. The molecule has 122 valence electrons. The van der Waals surface area contributed by atoms with E-state index in [0.29, 0.717) is 31.7 Å². The summed E-state index contributed by atoms with van der Waals surface area (Å²) in [7, 11) is 1.60. The van der Waals surface area contributed by atoms with Crippen LogP contribution in [0, 0.1) is 10.1 Å². The van der Waals surface area contributed by atoms with Crippen LogP contribution >= 0.6 is 0 Å². The lowest BCUT2D eigenvalue weighted by Gasteiger charge is -2.21. The van der Waals surface area contributed by atoms with Gasteiger partial charge in [0.05, 0.1) is 17.1 Å². The van der Waals surface area contributed by atoms with E-state index in [-0.39, 0.29) is 5.69 Å². The molecule has 2 rings (SSSR count). The molecule has 1 aromatic heterocycles. The predicted octanol–water partition coefficient (Wildman–Crippen LogP) is -0.256. The van der Waals surface area contributed by atoms with Crippen molar-refractivity contribution in [2.75, 3.05) is 24.7 Å². The number of nitrogens with one attached hydrogen (secondary N) is 1. The Hall–Kier alpha value is -2.23. The third kappa shape index (κ3) is 3.32. The first-order valence-corrected chi connectivity index (χ1v) is 6.88. The van der Waals surface area contributed by atoms with Crippen LogP contribution in [0.1, 0.15) is 12.8 Å². The molecule has 0 aromatic carbocycles. The molecule has 2 unspecified atom stereocenters. The summed E-state index contributed by atoms with van der Waals surface area (Å²) >= 11 is 0. The quantitative estimate of drug-likeness (QED) is 0.585. The third-order valence-electron chi connectivity index (χ3n) is 3.72. The maximum atomic E-state index is 12.3. The minimum Gasteiger partial charge on any atom is -0.391 e. The average Bonchev–Trinajstić information content (AvgIpc) is 2.78. The number of nitrogens with zero attached hydrogens (tertiary/aromatic N) is 4. The van der Waals surface area contributed by atoms with Crippen molar-refractivity contribution in [3.63, 3.8) is 0 Å². The van der Waals surface area contributed by atoms with Crippen LogP contribution in [0.15, 0.2) is 6.20 Å². The fraction of sp³-hybridized carbons (Fsp3) is 0.667. The third-order valence-corrected chi connectivity index (χ3v) is 3.72. The van der Waals surface area contributed by atoms with Crippen LogP contribution in [-0.4, -0.2) is 57.6 Å². The largest absolute Gasteiger partial charge is 0.391 e. The monoisotopic (exact) mass is 315 g/mol. The number of aliphatic hydroxyl groups is 1. The van der Waals surface area contributed by atoms with Crippen LogP contribution in [0.3, 0.4) is 0 Å². The molecule has 1 saturated heterocycles. The number of nitro groups is 1. The highest BCUT2D eigenvalue weighted by Gasteiger charge is 2.30. The molecule has 10 heteroatoms. The Bertz CT molecular complexity index is 564. The van der Waals surface area contributed by atoms with Gasteiger partial charge in [-0.15, -0.1) is 0 Å². The smallest absolute Gasteiger partial charge is 0.331 e. The van der Waals surface area contributed by atoms with Crippen molar-refractivity contribution in [3.8, 4) is 0 Å². The first-order chi connectivity index (χ1) is 10.4. The molecule has 2 atom stereocenters. The summed E-state index contributed by atoms with van der Waals surface area (Å²) in [6.45, 7) is -0.377. The van der Waals surface area contributed by atoms with Crippen LogP contribution in [0.2, 0.25) is 0 Å². The first kappa shape index (κ1) is 16.1. The number of halogens is 1. The van der Waals surface area contributed by atoms with Crippen molar-refractivity contribution in [1.29, 1.82) is 0 Å². The van der Waals surface area contributed by atoms with Gasteiger partial charge < -0.3 is 15.3 Å². The summed E-state index contributed by atoms with van der Waals surface area (Å²) in [4.78, 5) is 23.4. The van der Waals surface area contributed by atoms with Gasteiger partial charge in [0.1, 0.15) is 6.20 Å². The number of aryl methyl sites for hydroxylation is 1. The van der Waals surface area contributed by atoms with Gasteiger partial charge >= 0.3 is 5.69 Å². The number of rotatable bonds is 4. The highest BCUT2D eigenvalue weighted by molar-refractivity contribution is 5.77. The number of alkyl halides is 1. The molecule has 0 spiro atoms. The molecule has 0 bridgehead atoms. The van der Waals surface area contributed by atoms with E-state index >= 15 is 0 Å². The maximum absolute atomic E-state index is 12.3. The van der Waals surface area contributed by atoms with Gasteiger partial charge in [0.25, 0.3) is 5.91 Å². The number of hydrogen-bond donors (Lipinski definition) is 2. The standard InChI is InChI=1S/C12H18FN5O4/c1-16-12(9(7-14-16)18(21)22)17-4-2-8(10(19)3-5-17)15-11(20)6-13/h7-8,10,19H,2-6H2,1H3,(H,15,20). The molecular weight excluding hydrogens is 297 g/mol. The summed E-state index contributed by atoms with van der Waals surface area (Å²) in [5, 5.41) is 27.4. The molecule has 9 nitrogen and oxygen atoms in total. The topological polar surface area (TPSA) is 114 Å². The van der Waals surface area contributed by atoms with Gasteiger partial charge in [-0.05, 0) is 12.8 Å². The Balaban J connectivity index is 2.14. The number of anilines is 1. The number of aromatic nitrogens is 2. The molecule has 1 amide bonds. The average molecular weight is 315 g/mol. The summed E-state index contributed by atoms with van der Waals surface area (Å²) in [6, 6.07) is -0.569. The number of aliphatic hydroxyl groups excluding tert-OH is 1. The zero-order valence-corrected chi connectivity index (χ0v) is 12.1. The Kier molecular flexibility index (Phi) is 4.91. The number of amides is 1. The fourth-order valence-electron chi connectivity index (χ4n) is 2.63. The van der Waals surface area contributed by atoms with Crippen molar-refractivity contribution in [2.45, 2.75) is 25.0 Å². The van der Waals surface area contributed by atoms with Crippen LogP contribution in [0.4, 0.5) is 15.9 Å². The number of hydrogen-bond acceptors (Lipinski definition) is 6. The summed E-state index contributed by atoms with van der Waals surface area (Å²) in [5.74, 6) is -0.418. The van der Waals surface area contributed by atoms with Crippen molar-refractivity contribution in [3.05, 3.63) is 16.3 Å². The lowest BCUT2D eigenvalue weighted by Crippen LogP contribution is -2.43. The van der Waals surface area contributed by atoms with Crippen molar-refractivity contribution >= 4 is 17.4 Å². The molecule has 1 aromatic rings. The fourth-order valence-corrected chi connectivity index (χ4v) is 2.63. The van der Waals surface area contributed by atoms with Crippen molar-refractivity contribution in [2.24, 2.45) is 7.05 Å². The number of carbonyl (C=O) groups is 1. The zero-order valence-electron chi connectivity index (χ0n) is 12.1. The van der Waals surface area contributed by atoms with Crippen molar-refractivity contribution < 1.29 is 19.2 Å². The van der Waals surface area contributed by atoms with E-state index in [9.17, 15) is 24.4 Å². The van der Waals surface area contributed by atoms with E-state index in [0.717, 1.165) is 0 Å². The zero-order chi connectivity index (χ0) is 16.3. The Morgan fingerprint density at radius 1 is 1.59 bits per heavy atom. The lowest BCUT2D eigenvalue weighted by atomic mass is 10.1. The minimum absolute atomic E-state index is 0.108. The van der Waals surface area contributed by atoms with Gasteiger partial charge in [-0.3, -0.25) is 14.9 Å². The van der Waals surface area contributed by atoms with Gasteiger partial charge in [-0.1, -0.05) is 0 Å². The van der Waals surface area contributed by atoms with E-state index in [1.807, 2.05) is 0 Å². The van der Waals surface area contributed by atoms with E-state index < -0.39 is 29.7 Å². The van der Waals surface area contributed by atoms with E-state index in [1.165, 1.54) is 10.9 Å². The molecular formula is C12H18FN5O4. The summed E-state index contributed by atoms with van der Waals surface area (Å²) in [6.07, 6.45) is 1.01. The molecule has 0 radical (unpaired) electrons. The van der Waals surface area contributed by atoms with Gasteiger partial charge in [0, 0.05) is 20.1 Å². The lowest BCUT2D eigenvalue weighted by molar-refractivity contribution is -0.384. The first-order valence-electron chi connectivity index (χ1n) is 6.88. The molecule has 1 fully saturated rings. The molecule has 2 N–H and O–H groups in total. The Morgan fingerprint density at radius 2 is 2.27 bits per heavy atom. The van der Waals surface area contributed by atoms with E-state index in [4.69, 9.17) is 0 Å². The SMILES string of the molecule is Cn1ncc([N+](=O)[O-])c1N1CCC(O)C(NC(=O)CF)CC1. The summed E-state index contributed by atoms with van der Waals surface area (Å²) in [5.41, 5.74) is -0.108. The highest BCUT2D eigenvalue weighted by atomic mass is 19.1. The maximum Gasteiger partial charge on any atom is 0.331 e. The minimum atomic E-state index is -1.14. The Labute approximate surface area is 125 Å². The number of carbonyl (C=O) groups excluding carboxylic acids is 1. The molecule has 1 aliphatic rings. The Morgan fingerprint density at radius 3 is 2.91 bits per heavy atom. The van der Waals surface area contributed by atoms with Gasteiger partial charge in [-0.25, -0.2) is 9.07 Å².